The molecule has 0 saturated heterocycles. The van der Waals surface area contributed by atoms with Crippen molar-refractivity contribution in [3.63, 3.8) is 0 Å². The van der Waals surface area contributed by atoms with Crippen LogP contribution in [0.5, 0.6) is 0 Å². The van der Waals surface area contributed by atoms with E-state index in [1.807, 2.05) is 31.2 Å². The molecule has 2 nitrogen and oxygen atoms in total. The molecule has 4 aromatic carbocycles. The number of carbonyl (C=O) groups is 1. The van der Waals surface area contributed by atoms with E-state index >= 15 is 0 Å². The first-order valence-electron chi connectivity index (χ1n) is 13.0. The van der Waals surface area contributed by atoms with Crippen molar-refractivity contribution in [2.45, 2.75) is 63.7 Å². The topological polar surface area (TPSA) is 26.3 Å². The third kappa shape index (κ3) is 6.46. The van der Waals surface area contributed by atoms with Crippen LogP contribution in [0.3, 0.4) is 0 Å². The maximum absolute atomic E-state index is 13.3. The highest BCUT2D eigenvalue weighted by Gasteiger charge is 2.25. The minimum Gasteiger partial charge on any atom is -0.452 e. The number of carbonyl (C=O) groups excluding carboxylic acids is 1. The molecule has 0 heterocycles. The molecule has 0 aliphatic carbocycles. The number of ether oxygens (including phenoxy) is 1. The van der Waals surface area contributed by atoms with Gasteiger partial charge in [0.25, 0.3) is 0 Å². The predicted molar refractivity (Wildman–Crippen MR) is 151 cm³/mol. The lowest BCUT2D eigenvalue weighted by atomic mass is 9.92. The first-order valence-corrected chi connectivity index (χ1v) is 14.0. The van der Waals surface area contributed by atoms with Crippen LogP contribution in [0.2, 0.25) is 0 Å². The number of benzene rings is 4. The molecule has 0 aliphatic rings. The van der Waals surface area contributed by atoms with Crippen LogP contribution in [-0.2, 0) is 9.53 Å². The smallest absolute Gasteiger partial charge is 0.319 e. The van der Waals surface area contributed by atoms with Gasteiger partial charge in [-0.2, -0.15) is 0 Å². The Balaban J connectivity index is 1.57. The molecule has 0 amide bonds. The summed E-state index contributed by atoms with van der Waals surface area (Å²) in [7, 11) is 0. The van der Waals surface area contributed by atoms with Crippen molar-refractivity contribution >= 4 is 39.3 Å². The Labute approximate surface area is 214 Å². The number of rotatable bonds is 12. The molecule has 182 valence electrons. The highest BCUT2D eigenvalue weighted by Crippen LogP contribution is 2.36. The molecule has 0 unspecified atom stereocenters. The van der Waals surface area contributed by atoms with E-state index in [1.54, 1.807) is 11.8 Å². The molecule has 4 rings (SSSR count). The van der Waals surface area contributed by atoms with Crippen LogP contribution >= 0.6 is 11.8 Å². The van der Waals surface area contributed by atoms with Crippen LogP contribution in [0, 0.1) is 0 Å². The summed E-state index contributed by atoms with van der Waals surface area (Å²) in [5.41, 5.74) is 2.06. The van der Waals surface area contributed by atoms with Crippen LogP contribution in [0.1, 0.15) is 69.6 Å². The normalized spacial score (nSPS) is 12.3. The Morgan fingerprint density at radius 3 is 1.83 bits per heavy atom. The largest absolute Gasteiger partial charge is 0.452 e. The fraction of sp³-hybridized carbons (Fsp3) is 0.344. The lowest BCUT2D eigenvalue weighted by Gasteiger charge is -2.23. The van der Waals surface area contributed by atoms with Gasteiger partial charge in [-0.1, -0.05) is 124 Å². The summed E-state index contributed by atoms with van der Waals surface area (Å²) in [4.78, 5) is 13.3. The van der Waals surface area contributed by atoms with Gasteiger partial charge in [-0.25, -0.2) is 0 Å². The molecule has 0 radical (unpaired) electrons. The summed E-state index contributed by atoms with van der Waals surface area (Å²) >= 11 is 1.71. The maximum atomic E-state index is 13.3. The molecule has 0 fully saturated rings. The molecule has 0 bridgehead atoms. The summed E-state index contributed by atoms with van der Waals surface area (Å²) in [6, 6.07) is 29.2. The molecule has 0 aliphatic heterocycles. The van der Waals surface area contributed by atoms with E-state index < -0.39 is 6.10 Å². The number of hydrogen-bond acceptors (Lipinski definition) is 3. The van der Waals surface area contributed by atoms with Crippen LogP contribution in [0.15, 0.2) is 84.9 Å². The number of unbranched alkanes of at least 4 members (excludes halogenated alkanes) is 5. The third-order valence-electron chi connectivity index (χ3n) is 6.64. The van der Waals surface area contributed by atoms with Gasteiger partial charge in [0.15, 0.2) is 6.10 Å². The van der Waals surface area contributed by atoms with Gasteiger partial charge in [-0.05, 0) is 40.6 Å². The Bertz CT molecular complexity index is 1160. The zero-order valence-corrected chi connectivity index (χ0v) is 21.7. The van der Waals surface area contributed by atoms with E-state index in [0.29, 0.717) is 0 Å². The molecule has 35 heavy (non-hydrogen) atoms. The fourth-order valence-corrected chi connectivity index (χ4v) is 5.59. The van der Waals surface area contributed by atoms with Gasteiger partial charge in [0.2, 0.25) is 0 Å². The number of esters is 1. The summed E-state index contributed by atoms with van der Waals surface area (Å²) in [5.74, 6) is 0.849. The third-order valence-corrected chi connectivity index (χ3v) is 7.86. The van der Waals surface area contributed by atoms with Crippen molar-refractivity contribution < 1.29 is 9.53 Å². The van der Waals surface area contributed by atoms with Gasteiger partial charge < -0.3 is 4.74 Å². The van der Waals surface area contributed by atoms with Crippen molar-refractivity contribution in [1.29, 1.82) is 0 Å². The van der Waals surface area contributed by atoms with E-state index in [4.69, 9.17) is 4.74 Å². The Hall–Kier alpha value is -2.78. The Kier molecular flexibility index (Phi) is 9.25. The average molecular weight is 485 g/mol. The summed E-state index contributed by atoms with van der Waals surface area (Å²) < 4.78 is 6.35. The minimum atomic E-state index is -0.461. The highest BCUT2D eigenvalue weighted by atomic mass is 32.2. The summed E-state index contributed by atoms with van der Waals surface area (Å²) in [5, 5.41) is 4.34. The Morgan fingerprint density at radius 1 is 0.714 bits per heavy atom. The SMILES string of the molecule is CCCCCCCCS[C@@H](C)C(=O)OC(c1cccc2ccccc12)c1cccc2ccccc12. The van der Waals surface area contributed by atoms with Crippen molar-refractivity contribution in [2.75, 3.05) is 5.75 Å². The first-order chi connectivity index (χ1) is 17.2. The van der Waals surface area contributed by atoms with Crippen LogP contribution < -0.4 is 0 Å². The van der Waals surface area contributed by atoms with Crippen LogP contribution in [0.25, 0.3) is 21.5 Å². The number of hydrogen-bond donors (Lipinski definition) is 0. The van der Waals surface area contributed by atoms with Gasteiger partial charge in [0, 0.05) is 11.1 Å². The quantitative estimate of drug-likeness (QED) is 0.148. The van der Waals surface area contributed by atoms with Gasteiger partial charge in [0.05, 0.1) is 5.25 Å². The van der Waals surface area contributed by atoms with Gasteiger partial charge in [-0.15, -0.1) is 11.8 Å². The second-order valence-corrected chi connectivity index (χ2v) is 10.7. The van der Waals surface area contributed by atoms with Gasteiger partial charge in [-0.3, -0.25) is 4.79 Å². The van der Waals surface area contributed by atoms with E-state index in [9.17, 15) is 4.79 Å². The summed E-state index contributed by atoms with van der Waals surface area (Å²) in [6.45, 7) is 4.22. The lowest BCUT2D eigenvalue weighted by Crippen LogP contribution is -2.21. The van der Waals surface area contributed by atoms with Crippen molar-refractivity contribution in [2.24, 2.45) is 0 Å². The van der Waals surface area contributed by atoms with Crippen molar-refractivity contribution in [1.82, 2.24) is 0 Å². The monoisotopic (exact) mass is 484 g/mol. The standard InChI is InChI=1S/C32H36O2S/c1-3-4-5-6-7-12-23-35-24(2)32(33)34-31(29-21-13-17-25-15-8-10-19-27(25)29)30-22-14-18-26-16-9-11-20-28(26)30/h8-11,13-22,24,31H,3-7,12,23H2,1-2H3/t24-/m0/s1. The zero-order chi connectivity index (χ0) is 24.5. The maximum Gasteiger partial charge on any atom is 0.319 e. The summed E-state index contributed by atoms with van der Waals surface area (Å²) in [6.07, 6.45) is 7.13. The van der Waals surface area contributed by atoms with E-state index in [0.717, 1.165) is 44.8 Å². The van der Waals surface area contributed by atoms with E-state index in [2.05, 4.69) is 67.6 Å². The molecule has 0 spiro atoms. The van der Waals surface area contributed by atoms with E-state index in [1.165, 1.54) is 32.1 Å². The molecule has 3 heteroatoms. The molecule has 0 aromatic heterocycles. The van der Waals surface area contributed by atoms with Gasteiger partial charge in [0.1, 0.15) is 0 Å². The first kappa shape index (κ1) is 25.3. The number of thioether (sulfide) groups is 1. The fourth-order valence-electron chi connectivity index (χ4n) is 4.68. The van der Waals surface area contributed by atoms with Crippen LogP contribution in [0.4, 0.5) is 0 Å². The molecule has 4 aromatic rings. The number of fused-ring (bicyclic) bond motifs is 2. The van der Waals surface area contributed by atoms with E-state index in [-0.39, 0.29) is 11.2 Å². The Morgan fingerprint density at radius 2 is 1.23 bits per heavy atom. The van der Waals surface area contributed by atoms with Gasteiger partial charge >= 0.3 is 5.97 Å². The average Bonchev–Trinajstić information content (AvgIpc) is 2.90. The van der Waals surface area contributed by atoms with Crippen molar-refractivity contribution in [3.05, 3.63) is 96.1 Å². The van der Waals surface area contributed by atoms with Crippen LogP contribution in [-0.4, -0.2) is 17.0 Å². The molecule has 0 N–H and O–H groups in total. The lowest BCUT2D eigenvalue weighted by molar-refractivity contribution is -0.146. The highest BCUT2D eigenvalue weighted by molar-refractivity contribution is 8.00. The molecule has 1 atom stereocenters. The minimum absolute atomic E-state index is 0.146. The second kappa shape index (κ2) is 12.8. The zero-order valence-electron chi connectivity index (χ0n) is 20.9. The second-order valence-electron chi connectivity index (χ2n) is 9.23. The molecular formula is C32H36O2S. The molecular weight excluding hydrogens is 448 g/mol. The molecule has 0 saturated carbocycles. The predicted octanol–water partition coefficient (Wildman–Crippen LogP) is 9.11. The van der Waals surface area contributed by atoms with Crippen molar-refractivity contribution in [3.8, 4) is 0 Å².